The zero-order chi connectivity index (χ0) is 11.4. The lowest BCUT2D eigenvalue weighted by molar-refractivity contribution is 0.0923. The van der Waals surface area contributed by atoms with Gasteiger partial charge in [0, 0.05) is 6.61 Å². The normalized spacial score (nSPS) is 11.1. The Kier molecular flexibility index (Phi) is 4.15. The highest BCUT2D eigenvalue weighted by atomic mass is 19.2. The number of hydrogen-bond donors (Lipinski definition) is 0. The molecular formula is C11H13F3O. The van der Waals surface area contributed by atoms with Crippen LogP contribution in [0.25, 0.3) is 0 Å². The van der Waals surface area contributed by atoms with Crippen molar-refractivity contribution in [3.63, 3.8) is 0 Å². The number of hydrogen-bond acceptors (Lipinski definition) is 1. The van der Waals surface area contributed by atoms with Crippen molar-refractivity contribution in [1.82, 2.24) is 0 Å². The second kappa shape index (κ2) is 5.16. The van der Waals surface area contributed by atoms with Gasteiger partial charge in [-0.15, -0.1) is 0 Å². The molecule has 0 aromatic heterocycles. The van der Waals surface area contributed by atoms with Crippen LogP contribution in [0.1, 0.15) is 19.4 Å². The summed E-state index contributed by atoms with van der Waals surface area (Å²) in [5, 5.41) is 0. The van der Waals surface area contributed by atoms with Crippen LogP contribution in [0.3, 0.4) is 0 Å². The highest BCUT2D eigenvalue weighted by molar-refractivity contribution is 5.20. The van der Waals surface area contributed by atoms with Crippen LogP contribution in [0.4, 0.5) is 13.2 Å². The van der Waals surface area contributed by atoms with Gasteiger partial charge >= 0.3 is 0 Å². The Morgan fingerprint density at radius 3 is 2.33 bits per heavy atom. The first-order valence-electron chi connectivity index (χ1n) is 4.72. The Morgan fingerprint density at radius 2 is 1.73 bits per heavy atom. The molecule has 1 nitrogen and oxygen atoms in total. The van der Waals surface area contributed by atoms with E-state index in [9.17, 15) is 13.2 Å². The average Bonchev–Trinajstić information content (AvgIpc) is 2.17. The van der Waals surface area contributed by atoms with Crippen LogP contribution in [-0.2, 0) is 11.3 Å². The molecule has 0 fully saturated rings. The maximum atomic E-state index is 13.1. The van der Waals surface area contributed by atoms with Crippen molar-refractivity contribution in [2.45, 2.75) is 20.5 Å². The Balaban J connectivity index is 2.71. The van der Waals surface area contributed by atoms with E-state index in [2.05, 4.69) is 0 Å². The molecule has 4 heteroatoms. The molecule has 1 rings (SSSR count). The molecule has 1 aromatic carbocycles. The molecule has 0 saturated carbocycles. The molecule has 0 aliphatic rings. The number of ether oxygens (including phenoxy) is 1. The SMILES string of the molecule is CC(C)COCc1c(F)ccc(F)c1F. The van der Waals surface area contributed by atoms with Gasteiger partial charge in [0.15, 0.2) is 11.6 Å². The third kappa shape index (κ3) is 3.23. The average molecular weight is 218 g/mol. The zero-order valence-electron chi connectivity index (χ0n) is 8.69. The molecule has 84 valence electrons. The molecule has 0 N–H and O–H groups in total. The van der Waals surface area contributed by atoms with Crippen LogP contribution < -0.4 is 0 Å². The molecule has 15 heavy (non-hydrogen) atoms. The van der Waals surface area contributed by atoms with E-state index in [0.29, 0.717) is 6.61 Å². The molecule has 0 amide bonds. The van der Waals surface area contributed by atoms with Crippen LogP contribution in [0.15, 0.2) is 12.1 Å². The summed E-state index contributed by atoms with van der Waals surface area (Å²) >= 11 is 0. The lowest BCUT2D eigenvalue weighted by atomic mass is 10.2. The molecule has 0 aliphatic heterocycles. The van der Waals surface area contributed by atoms with Gasteiger partial charge < -0.3 is 4.74 Å². The Hall–Kier alpha value is -1.03. The number of rotatable bonds is 4. The summed E-state index contributed by atoms with van der Waals surface area (Å²) in [5.41, 5.74) is -0.351. The molecule has 0 heterocycles. The van der Waals surface area contributed by atoms with Crippen molar-refractivity contribution in [1.29, 1.82) is 0 Å². The van der Waals surface area contributed by atoms with Crippen LogP contribution in [0.2, 0.25) is 0 Å². The van der Waals surface area contributed by atoms with E-state index in [0.717, 1.165) is 12.1 Å². The summed E-state index contributed by atoms with van der Waals surface area (Å²) in [4.78, 5) is 0. The summed E-state index contributed by atoms with van der Waals surface area (Å²) in [7, 11) is 0. The minimum absolute atomic E-state index is 0.242. The first-order chi connectivity index (χ1) is 7.02. The quantitative estimate of drug-likeness (QED) is 0.705. The van der Waals surface area contributed by atoms with Crippen LogP contribution >= 0.6 is 0 Å². The summed E-state index contributed by atoms with van der Waals surface area (Å²) in [6.45, 7) is 3.97. The third-order valence-electron chi connectivity index (χ3n) is 1.84. The molecular weight excluding hydrogens is 205 g/mol. The summed E-state index contributed by atoms with van der Waals surface area (Å²) in [6.07, 6.45) is 0. The van der Waals surface area contributed by atoms with E-state index in [1.54, 1.807) is 0 Å². The molecule has 0 unspecified atom stereocenters. The van der Waals surface area contributed by atoms with Crippen molar-refractivity contribution in [2.75, 3.05) is 6.61 Å². The fourth-order valence-corrected chi connectivity index (χ4v) is 1.10. The van der Waals surface area contributed by atoms with Gasteiger partial charge in [-0.3, -0.25) is 0 Å². The number of halogens is 3. The van der Waals surface area contributed by atoms with Gasteiger partial charge in [0.25, 0.3) is 0 Å². The minimum atomic E-state index is -1.17. The van der Waals surface area contributed by atoms with Crippen molar-refractivity contribution >= 4 is 0 Å². The molecule has 0 bridgehead atoms. The lowest BCUT2D eigenvalue weighted by Gasteiger charge is -2.08. The maximum Gasteiger partial charge on any atom is 0.167 e. The highest BCUT2D eigenvalue weighted by Gasteiger charge is 2.13. The predicted octanol–water partition coefficient (Wildman–Crippen LogP) is 3.28. The molecule has 0 saturated heterocycles. The van der Waals surface area contributed by atoms with E-state index >= 15 is 0 Å². The third-order valence-corrected chi connectivity index (χ3v) is 1.84. The largest absolute Gasteiger partial charge is 0.376 e. The van der Waals surface area contributed by atoms with E-state index in [4.69, 9.17) is 4.74 Å². The van der Waals surface area contributed by atoms with Gasteiger partial charge in [0.1, 0.15) is 5.82 Å². The lowest BCUT2D eigenvalue weighted by Crippen LogP contribution is -2.06. The molecule has 0 spiro atoms. The van der Waals surface area contributed by atoms with E-state index in [1.807, 2.05) is 13.8 Å². The van der Waals surface area contributed by atoms with E-state index in [-0.39, 0.29) is 18.1 Å². The fraction of sp³-hybridized carbons (Fsp3) is 0.455. The second-order valence-electron chi connectivity index (χ2n) is 3.73. The van der Waals surface area contributed by atoms with Gasteiger partial charge in [-0.05, 0) is 18.1 Å². The topological polar surface area (TPSA) is 9.23 Å². The summed E-state index contributed by atoms with van der Waals surface area (Å²) in [6, 6.07) is 1.66. The summed E-state index contributed by atoms with van der Waals surface area (Å²) in [5.74, 6) is -2.74. The van der Waals surface area contributed by atoms with Crippen molar-refractivity contribution in [3.8, 4) is 0 Å². The zero-order valence-corrected chi connectivity index (χ0v) is 8.69. The first-order valence-corrected chi connectivity index (χ1v) is 4.72. The Morgan fingerprint density at radius 1 is 1.13 bits per heavy atom. The molecule has 0 aliphatic carbocycles. The van der Waals surface area contributed by atoms with Gasteiger partial charge in [-0.2, -0.15) is 0 Å². The molecule has 0 atom stereocenters. The van der Waals surface area contributed by atoms with Gasteiger partial charge in [-0.25, -0.2) is 13.2 Å². The maximum absolute atomic E-state index is 13.1. The Labute approximate surface area is 86.9 Å². The van der Waals surface area contributed by atoms with Crippen LogP contribution in [0.5, 0.6) is 0 Å². The van der Waals surface area contributed by atoms with E-state index < -0.39 is 17.5 Å². The van der Waals surface area contributed by atoms with Crippen molar-refractivity contribution in [3.05, 3.63) is 35.1 Å². The van der Waals surface area contributed by atoms with Gasteiger partial charge in [0.05, 0.1) is 12.2 Å². The van der Waals surface area contributed by atoms with E-state index in [1.165, 1.54) is 0 Å². The first kappa shape index (κ1) is 12.0. The molecule has 1 aromatic rings. The minimum Gasteiger partial charge on any atom is -0.376 e. The summed E-state index contributed by atoms with van der Waals surface area (Å²) < 4.78 is 44.0. The number of benzene rings is 1. The molecule has 0 radical (unpaired) electrons. The standard InChI is InChI=1S/C11H13F3O/c1-7(2)5-15-6-8-9(12)3-4-10(13)11(8)14/h3-4,7H,5-6H2,1-2H3. The fourth-order valence-electron chi connectivity index (χ4n) is 1.10. The second-order valence-corrected chi connectivity index (χ2v) is 3.73. The smallest absolute Gasteiger partial charge is 0.167 e. The highest BCUT2D eigenvalue weighted by Crippen LogP contribution is 2.16. The van der Waals surface area contributed by atoms with Gasteiger partial charge in [-0.1, -0.05) is 13.8 Å². The van der Waals surface area contributed by atoms with Crippen molar-refractivity contribution < 1.29 is 17.9 Å². The monoisotopic (exact) mass is 218 g/mol. The van der Waals surface area contributed by atoms with Crippen LogP contribution in [-0.4, -0.2) is 6.61 Å². The Bertz CT molecular complexity index is 337. The predicted molar refractivity (Wildman–Crippen MR) is 50.8 cm³/mol. The van der Waals surface area contributed by atoms with Crippen molar-refractivity contribution in [2.24, 2.45) is 5.92 Å². The van der Waals surface area contributed by atoms with Gasteiger partial charge in [0.2, 0.25) is 0 Å². The van der Waals surface area contributed by atoms with Crippen LogP contribution in [0, 0.1) is 23.4 Å².